The van der Waals surface area contributed by atoms with Crippen molar-refractivity contribution < 1.29 is 4.79 Å². The van der Waals surface area contributed by atoms with Crippen molar-refractivity contribution in [3.8, 4) is 0 Å². The molecular weight excluding hydrogens is 304 g/mol. The predicted molar refractivity (Wildman–Crippen MR) is 91.5 cm³/mol. The van der Waals surface area contributed by atoms with Crippen molar-refractivity contribution in [2.45, 2.75) is 26.4 Å². The molecule has 0 saturated heterocycles. The van der Waals surface area contributed by atoms with E-state index in [1.807, 2.05) is 38.1 Å². The molecule has 1 atom stereocenters. The molecule has 1 N–H and O–H groups in total. The Morgan fingerprint density at radius 2 is 1.88 bits per heavy atom. The summed E-state index contributed by atoms with van der Waals surface area (Å²) in [6.07, 6.45) is 0. The molecule has 1 unspecified atom stereocenters. The highest BCUT2D eigenvalue weighted by molar-refractivity contribution is 5.78. The van der Waals surface area contributed by atoms with Crippen LogP contribution in [0.2, 0.25) is 0 Å². The smallest absolute Gasteiger partial charge is 0.278 e. The fourth-order valence-electron chi connectivity index (χ4n) is 2.70. The molecule has 24 heavy (non-hydrogen) atoms. The molecule has 0 radical (unpaired) electrons. The maximum absolute atomic E-state index is 12.4. The van der Waals surface area contributed by atoms with E-state index >= 15 is 0 Å². The van der Waals surface area contributed by atoms with Crippen molar-refractivity contribution in [2.75, 3.05) is 0 Å². The van der Waals surface area contributed by atoms with Gasteiger partial charge in [0.2, 0.25) is 5.91 Å². The van der Waals surface area contributed by atoms with Crippen LogP contribution >= 0.6 is 0 Å². The Balaban J connectivity index is 1.77. The molecule has 0 fully saturated rings. The van der Waals surface area contributed by atoms with Gasteiger partial charge in [0.1, 0.15) is 12.1 Å². The molecule has 122 valence electrons. The monoisotopic (exact) mass is 322 g/mol. The maximum Gasteiger partial charge on any atom is 0.278 e. The first-order chi connectivity index (χ1) is 11.6. The van der Waals surface area contributed by atoms with Crippen molar-refractivity contribution >= 4 is 16.8 Å². The molecule has 3 rings (SSSR count). The Labute approximate surface area is 139 Å². The summed E-state index contributed by atoms with van der Waals surface area (Å²) in [7, 11) is 0. The van der Waals surface area contributed by atoms with Crippen LogP contribution in [0.1, 0.15) is 24.1 Å². The summed E-state index contributed by atoms with van der Waals surface area (Å²) in [5, 5.41) is 11.2. The molecule has 0 aliphatic heterocycles. The lowest BCUT2D eigenvalue weighted by molar-refractivity contribution is -0.122. The number of amides is 1. The number of rotatable bonds is 4. The molecule has 0 saturated carbocycles. The zero-order valence-corrected chi connectivity index (χ0v) is 13.6. The fraction of sp³-hybridized carbons (Fsp3) is 0.222. The Morgan fingerprint density at radius 1 is 1.17 bits per heavy atom. The highest BCUT2D eigenvalue weighted by atomic mass is 16.2. The summed E-state index contributed by atoms with van der Waals surface area (Å²) in [5.74, 6) is -0.280. The second kappa shape index (κ2) is 6.62. The Hall–Kier alpha value is -3.02. The van der Waals surface area contributed by atoms with Crippen LogP contribution < -0.4 is 10.9 Å². The van der Waals surface area contributed by atoms with E-state index < -0.39 is 0 Å². The molecule has 0 aliphatic rings. The van der Waals surface area contributed by atoms with Crippen LogP contribution in [0.25, 0.3) is 10.9 Å². The van der Waals surface area contributed by atoms with Gasteiger partial charge in [0.25, 0.3) is 5.56 Å². The molecule has 6 nitrogen and oxygen atoms in total. The number of nitrogens with one attached hydrogen (secondary N) is 1. The lowest BCUT2D eigenvalue weighted by Gasteiger charge is -2.16. The van der Waals surface area contributed by atoms with Crippen molar-refractivity contribution in [2.24, 2.45) is 0 Å². The van der Waals surface area contributed by atoms with Crippen LogP contribution in [0, 0.1) is 6.92 Å². The summed E-state index contributed by atoms with van der Waals surface area (Å²) >= 11 is 0. The minimum absolute atomic E-state index is 0.150. The number of carbonyl (C=O) groups is 1. The van der Waals surface area contributed by atoms with E-state index in [9.17, 15) is 9.59 Å². The van der Waals surface area contributed by atoms with Gasteiger partial charge in [-0.3, -0.25) is 9.59 Å². The lowest BCUT2D eigenvalue weighted by Crippen LogP contribution is -2.35. The number of hydrogen-bond acceptors (Lipinski definition) is 4. The first kappa shape index (κ1) is 15.9. The summed E-state index contributed by atoms with van der Waals surface area (Å²) < 4.78 is 1.09. The van der Waals surface area contributed by atoms with Crippen molar-refractivity contribution in [3.05, 3.63) is 70.0 Å². The van der Waals surface area contributed by atoms with E-state index in [1.165, 1.54) is 0 Å². The van der Waals surface area contributed by atoms with Crippen LogP contribution in [0.5, 0.6) is 0 Å². The van der Waals surface area contributed by atoms with Gasteiger partial charge in [-0.05, 0) is 37.1 Å². The molecule has 0 aliphatic carbocycles. The molecule has 0 spiro atoms. The number of hydrogen-bond donors (Lipinski definition) is 1. The van der Waals surface area contributed by atoms with Gasteiger partial charge < -0.3 is 5.32 Å². The topological polar surface area (TPSA) is 76.9 Å². The van der Waals surface area contributed by atoms with Crippen LogP contribution in [0.15, 0.2) is 53.3 Å². The zero-order valence-electron chi connectivity index (χ0n) is 13.6. The molecule has 0 bridgehead atoms. The summed E-state index contributed by atoms with van der Waals surface area (Å²) in [5.41, 5.74) is 2.35. The van der Waals surface area contributed by atoms with Gasteiger partial charge >= 0.3 is 0 Å². The number of fused-ring (bicyclic) bond motifs is 1. The summed E-state index contributed by atoms with van der Waals surface area (Å²) in [4.78, 5) is 24.6. The van der Waals surface area contributed by atoms with Gasteiger partial charge in [0, 0.05) is 0 Å². The average Bonchev–Trinajstić information content (AvgIpc) is 2.58. The standard InChI is InChI=1S/C18H18N4O2/c1-12-7-3-4-8-14(12)13(2)19-17(23)11-22-18(24)15-9-5-6-10-16(15)20-21-22/h3-10,13H,11H2,1-2H3,(H,19,23). The van der Waals surface area contributed by atoms with Gasteiger partial charge in [-0.25, -0.2) is 4.68 Å². The minimum atomic E-state index is -0.320. The third-order valence-corrected chi connectivity index (χ3v) is 3.96. The number of benzene rings is 2. The third-order valence-electron chi connectivity index (χ3n) is 3.96. The number of aryl methyl sites for hydroxylation is 1. The fourth-order valence-corrected chi connectivity index (χ4v) is 2.70. The van der Waals surface area contributed by atoms with Gasteiger partial charge in [-0.15, -0.1) is 5.10 Å². The third kappa shape index (κ3) is 3.17. The summed E-state index contributed by atoms with van der Waals surface area (Å²) in [6, 6.07) is 14.7. The maximum atomic E-state index is 12.4. The normalized spacial score (nSPS) is 12.1. The molecule has 3 aromatic rings. The van der Waals surface area contributed by atoms with E-state index in [0.717, 1.165) is 15.8 Å². The van der Waals surface area contributed by atoms with Crippen LogP contribution in [-0.2, 0) is 11.3 Å². The van der Waals surface area contributed by atoms with Crippen molar-refractivity contribution in [1.29, 1.82) is 0 Å². The highest BCUT2D eigenvalue weighted by Gasteiger charge is 2.13. The Kier molecular flexibility index (Phi) is 4.37. The predicted octanol–water partition coefficient (Wildman–Crippen LogP) is 1.98. The van der Waals surface area contributed by atoms with E-state index in [4.69, 9.17) is 0 Å². The van der Waals surface area contributed by atoms with Crippen molar-refractivity contribution in [1.82, 2.24) is 20.3 Å². The molecule has 2 aromatic carbocycles. The number of nitrogens with zero attached hydrogens (tertiary/aromatic N) is 3. The second-order valence-electron chi connectivity index (χ2n) is 5.72. The zero-order chi connectivity index (χ0) is 17.1. The first-order valence-electron chi connectivity index (χ1n) is 7.73. The van der Waals surface area contributed by atoms with E-state index in [-0.39, 0.29) is 24.1 Å². The largest absolute Gasteiger partial charge is 0.348 e. The van der Waals surface area contributed by atoms with Crippen LogP contribution in [-0.4, -0.2) is 20.9 Å². The molecular formula is C18H18N4O2. The molecule has 1 amide bonds. The van der Waals surface area contributed by atoms with Crippen LogP contribution in [0.4, 0.5) is 0 Å². The molecule has 6 heteroatoms. The quantitative estimate of drug-likeness (QED) is 0.797. The van der Waals surface area contributed by atoms with Gasteiger partial charge in [0.05, 0.1) is 11.4 Å². The minimum Gasteiger partial charge on any atom is -0.348 e. The number of aromatic nitrogens is 3. The summed E-state index contributed by atoms with van der Waals surface area (Å²) in [6.45, 7) is 3.75. The van der Waals surface area contributed by atoms with Gasteiger partial charge in [0.15, 0.2) is 0 Å². The molecule has 1 heterocycles. The SMILES string of the molecule is Cc1ccccc1C(C)NC(=O)Cn1nnc2ccccc2c1=O. The highest BCUT2D eigenvalue weighted by Crippen LogP contribution is 2.16. The van der Waals surface area contributed by atoms with Gasteiger partial charge in [-0.2, -0.15) is 0 Å². The lowest BCUT2D eigenvalue weighted by atomic mass is 10.0. The van der Waals surface area contributed by atoms with Gasteiger partial charge in [-0.1, -0.05) is 41.6 Å². The van der Waals surface area contributed by atoms with E-state index in [1.54, 1.807) is 24.3 Å². The Morgan fingerprint density at radius 3 is 2.67 bits per heavy atom. The van der Waals surface area contributed by atoms with Crippen molar-refractivity contribution in [3.63, 3.8) is 0 Å². The first-order valence-corrected chi connectivity index (χ1v) is 7.73. The number of carbonyl (C=O) groups excluding carboxylic acids is 1. The Bertz CT molecular complexity index is 949. The molecule has 1 aromatic heterocycles. The van der Waals surface area contributed by atoms with E-state index in [2.05, 4.69) is 15.6 Å². The van der Waals surface area contributed by atoms with Crippen LogP contribution in [0.3, 0.4) is 0 Å². The average molecular weight is 322 g/mol. The van der Waals surface area contributed by atoms with E-state index in [0.29, 0.717) is 10.9 Å². The second-order valence-corrected chi connectivity index (χ2v) is 5.72.